The molecule has 1 amide bonds. The van der Waals surface area contributed by atoms with Gasteiger partial charge in [0.2, 0.25) is 0 Å². The van der Waals surface area contributed by atoms with Gasteiger partial charge in [0.1, 0.15) is 5.75 Å². The highest BCUT2D eigenvalue weighted by molar-refractivity contribution is 5.97. The molecule has 0 unspecified atom stereocenters. The van der Waals surface area contributed by atoms with Gasteiger partial charge in [-0.3, -0.25) is 4.79 Å². The fourth-order valence-electron chi connectivity index (χ4n) is 1.55. The fraction of sp³-hybridized carbons (Fsp3) is 0.417. The molecule has 0 aliphatic heterocycles. The third kappa shape index (κ3) is 3.44. The van der Waals surface area contributed by atoms with Crippen molar-refractivity contribution in [1.82, 2.24) is 4.90 Å². The molecule has 1 aromatic carbocycles. The zero-order valence-corrected chi connectivity index (χ0v) is 9.76. The Kier molecular flexibility index (Phi) is 4.93. The zero-order valence-electron chi connectivity index (χ0n) is 9.76. The van der Waals surface area contributed by atoms with E-state index in [1.807, 2.05) is 6.92 Å². The SMILES string of the molecule is Cc1ccc(O)c(C(=O)N(CCO)CCO)c1. The number of aryl methyl sites for hydroxylation is 1. The summed E-state index contributed by atoms with van der Waals surface area (Å²) >= 11 is 0. The minimum atomic E-state index is -0.394. The lowest BCUT2D eigenvalue weighted by Crippen LogP contribution is -2.35. The van der Waals surface area contributed by atoms with Crippen LogP contribution in [0.25, 0.3) is 0 Å². The van der Waals surface area contributed by atoms with Gasteiger partial charge in [0.25, 0.3) is 5.91 Å². The van der Waals surface area contributed by atoms with Crippen LogP contribution in [-0.4, -0.2) is 52.4 Å². The van der Waals surface area contributed by atoms with Crippen LogP contribution in [0.1, 0.15) is 15.9 Å². The van der Waals surface area contributed by atoms with Crippen LogP contribution in [0.2, 0.25) is 0 Å². The van der Waals surface area contributed by atoms with E-state index in [0.29, 0.717) is 0 Å². The maximum Gasteiger partial charge on any atom is 0.257 e. The van der Waals surface area contributed by atoms with Crippen LogP contribution in [0.15, 0.2) is 18.2 Å². The second-order valence-corrected chi connectivity index (χ2v) is 3.76. The first kappa shape index (κ1) is 13.5. The predicted octanol–water partition coefficient (Wildman–Crippen LogP) is 0.127. The lowest BCUT2D eigenvalue weighted by Gasteiger charge is -2.21. The molecular formula is C12H17NO4. The smallest absolute Gasteiger partial charge is 0.257 e. The number of rotatable bonds is 5. The normalized spacial score (nSPS) is 10.3. The number of aliphatic hydroxyl groups excluding tert-OH is 2. The summed E-state index contributed by atoms with van der Waals surface area (Å²) in [4.78, 5) is 13.3. The average Bonchev–Trinajstić information content (AvgIpc) is 2.31. The van der Waals surface area contributed by atoms with Gasteiger partial charge in [0.15, 0.2) is 0 Å². The Morgan fingerprint density at radius 1 is 1.24 bits per heavy atom. The van der Waals surface area contributed by atoms with E-state index < -0.39 is 5.91 Å². The van der Waals surface area contributed by atoms with Crippen LogP contribution in [0.4, 0.5) is 0 Å². The first-order chi connectivity index (χ1) is 8.10. The molecule has 0 bridgehead atoms. The number of phenols is 1. The minimum absolute atomic E-state index is 0.0959. The van der Waals surface area contributed by atoms with Crippen molar-refractivity contribution in [2.45, 2.75) is 6.92 Å². The van der Waals surface area contributed by atoms with E-state index in [9.17, 15) is 9.90 Å². The highest BCUT2D eigenvalue weighted by Crippen LogP contribution is 2.19. The number of aliphatic hydroxyl groups is 2. The van der Waals surface area contributed by atoms with Gasteiger partial charge in [0, 0.05) is 13.1 Å². The number of phenolic OH excluding ortho intramolecular Hbond substituents is 1. The van der Waals surface area contributed by atoms with Crippen LogP contribution in [-0.2, 0) is 0 Å². The Morgan fingerprint density at radius 3 is 2.35 bits per heavy atom. The van der Waals surface area contributed by atoms with Gasteiger partial charge in [-0.25, -0.2) is 0 Å². The summed E-state index contributed by atoms with van der Waals surface area (Å²) in [6.07, 6.45) is 0. The molecule has 5 nitrogen and oxygen atoms in total. The maximum atomic E-state index is 12.0. The number of nitrogens with zero attached hydrogens (tertiary/aromatic N) is 1. The zero-order chi connectivity index (χ0) is 12.8. The third-order valence-corrected chi connectivity index (χ3v) is 2.41. The molecule has 0 atom stereocenters. The van der Waals surface area contributed by atoms with Crippen LogP contribution in [0.5, 0.6) is 5.75 Å². The first-order valence-electron chi connectivity index (χ1n) is 5.40. The van der Waals surface area contributed by atoms with Gasteiger partial charge in [0.05, 0.1) is 18.8 Å². The van der Waals surface area contributed by atoms with Crippen molar-refractivity contribution < 1.29 is 20.1 Å². The summed E-state index contributed by atoms with van der Waals surface area (Å²) in [5.74, 6) is -0.490. The number of carbonyl (C=O) groups excluding carboxylic acids is 1. The van der Waals surface area contributed by atoms with Crippen molar-refractivity contribution in [3.05, 3.63) is 29.3 Å². The summed E-state index contributed by atoms with van der Waals surface area (Å²) < 4.78 is 0. The molecule has 0 aliphatic rings. The monoisotopic (exact) mass is 239 g/mol. The fourth-order valence-corrected chi connectivity index (χ4v) is 1.55. The second-order valence-electron chi connectivity index (χ2n) is 3.76. The van der Waals surface area contributed by atoms with Crippen LogP contribution < -0.4 is 0 Å². The predicted molar refractivity (Wildman–Crippen MR) is 62.9 cm³/mol. The quantitative estimate of drug-likeness (QED) is 0.682. The highest BCUT2D eigenvalue weighted by Gasteiger charge is 2.18. The number of hydrogen-bond donors (Lipinski definition) is 3. The summed E-state index contributed by atoms with van der Waals surface area (Å²) in [6, 6.07) is 4.74. The molecular weight excluding hydrogens is 222 g/mol. The molecule has 5 heteroatoms. The summed E-state index contributed by atoms with van der Waals surface area (Å²) in [5, 5.41) is 27.3. The summed E-state index contributed by atoms with van der Waals surface area (Å²) in [6.45, 7) is 1.72. The number of carbonyl (C=O) groups is 1. The highest BCUT2D eigenvalue weighted by atomic mass is 16.3. The van der Waals surface area contributed by atoms with Crippen molar-refractivity contribution in [3.63, 3.8) is 0 Å². The number of hydrogen-bond acceptors (Lipinski definition) is 4. The van der Waals surface area contributed by atoms with Crippen LogP contribution in [0.3, 0.4) is 0 Å². The van der Waals surface area contributed by atoms with Gasteiger partial charge >= 0.3 is 0 Å². The Balaban J connectivity index is 2.95. The third-order valence-electron chi connectivity index (χ3n) is 2.41. The molecule has 0 aliphatic carbocycles. The van der Waals surface area contributed by atoms with Crippen molar-refractivity contribution in [1.29, 1.82) is 0 Å². The maximum absolute atomic E-state index is 12.0. The molecule has 17 heavy (non-hydrogen) atoms. The van der Waals surface area contributed by atoms with E-state index >= 15 is 0 Å². The Hall–Kier alpha value is -1.59. The lowest BCUT2D eigenvalue weighted by atomic mass is 10.1. The Bertz CT molecular complexity index is 386. The van der Waals surface area contributed by atoms with Crippen molar-refractivity contribution in [2.75, 3.05) is 26.3 Å². The second kappa shape index (κ2) is 6.22. The molecule has 3 N–H and O–H groups in total. The Morgan fingerprint density at radius 2 is 1.82 bits per heavy atom. The van der Waals surface area contributed by atoms with Gasteiger partial charge in [-0.2, -0.15) is 0 Å². The Labute approximate surface area is 99.9 Å². The molecule has 0 spiro atoms. The number of benzene rings is 1. The molecule has 1 rings (SSSR count). The van der Waals surface area contributed by atoms with Crippen molar-refractivity contribution >= 4 is 5.91 Å². The average molecular weight is 239 g/mol. The van der Waals surface area contributed by atoms with E-state index in [0.717, 1.165) is 5.56 Å². The van der Waals surface area contributed by atoms with E-state index in [1.54, 1.807) is 12.1 Å². The topological polar surface area (TPSA) is 81.0 Å². The standard InChI is InChI=1S/C12H17NO4/c1-9-2-3-11(16)10(8-9)12(17)13(4-6-14)5-7-15/h2-3,8,14-16H,4-7H2,1H3. The van der Waals surface area contributed by atoms with Crippen molar-refractivity contribution in [3.8, 4) is 5.75 Å². The van der Waals surface area contributed by atoms with E-state index in [1.165, 1.54) is 11.0 Å². The largest absolute Gasteiger partial charge is 0.507 e. The van der Waals surface area contributed by atoms with Crippen LogP contribution in [0, 0.1) is 6.92 Å². The van der Waals surface area contributed by atoms with E-state index in [2.05, 4.69) is 0 Å². The molecule has 0 saturated carbocycles. The first-order valence-corrected chi connectivity index (χ1v) is 5.40. The van der Waals surface area contributed by atoms with Crippen molar-refractivity contribution in [2.24, 2.45) is 0 Å². The van der Waals surface area contributed by atoms with Gasteiger partial charge in [-0.1, -0.05) is 11.6 Å². The van der Waals surface area contributed by atoms with Crippen LogP contribution >= 0.6 is 0 Å². The molecule has 0 saturated heterocycles. The van der Waals surface area contributed by atoms with Gasteiger partial charge < -0.3 is 20.2 Å². The molecule has 0 fully saturated rings. The summed E-state index contributed by atoms with van der Waals surface area (Å²) in [5.41, 5.74) is 1.05. The molecule has 1 aromatic rings. The number of amides is 1. The number of aromatic hydroxyl groups is 1. The van der Waals surface area contributed by atoms with Gasteiger partial charge in [-0.05, 0) is 19.1 Å². The molecule has 94 valence electrons. The minimum Gasteiger partial charge on any atom is -0.507 e. The molecule has 0 heterocycles. The van der Waals surface area contributed by atoms with Gasteiger partial charge in [-0.15, -0.1) is 0 Å². The van der Waals surface area contributed by atoms with E-state index in [-0.39, 0.29) is 37.6 Å². The summed E-state index contributed by atoms with van der Waals surface area (Å²) in [7, 11) is 0. The molecule has 0 aromatic heterocycles. The lowest BCUT2D eigenvalue weighted by molar-refractivity contribution is 0.0681. The molecule has 0 radical (unpaired) electrons. The van der Waals surface area contributed by atoms with E-state index in [4.69, 9.17) is 10.2 Å².